The van der Waals surface area contributed by atoms with Crippen molar-refractivity contribution in [1.82, 2.24) is 14.8 Å². The topological polar surface area (TPSA) is 60.2 Å². The Bertz CT molecular complexity index is 769. The average Bonchev–Trinajstić information content (AvgIpc) is 2.67. The molecule has 0 saturated heterocycles. The lowest BCUT2D eigenvalue weighted by Gasteiger charge is -2.29. The summed E-state index contributed by atoms with van der Waals surface area (Å²) < 4.78 is 7.33. The molecular formula is C15H17ClN4O2. The monoisotopic (exact) mass is 320 g/mol. The Morgan fingerprint density at radius 1 is 1.36 bits per heavy atom. The molecule has 0 spiro atoms. The maximum Gasteiger partial charge on any atom is 0.266 e. The van der Waals surface area contributed by atoms with Crippen molar-refractivity contribution in [3.8, 4) is 5.75 Å². The van der Waals surface area contributed by atoms with Crippen LogP contribution in [-0.2, 0) is 18.4 Å². The summed E-state index contributed by atoms with van der Waals surface area (Å²) >= 11 is 6.04. The molecule has 1 aliphatic rings. The normalized spacial score (nSPS) is 14.0. The second-order valence-electron chi connectivity index (χ2n) is 5.46. The fourth-order valence-electron chi connectivity index (χ4n) is 2.66. The largest absolute Gasteiger partial charge is 0.480 e. The number of pyridine rings is 1. The number of hydrogen-bond donors (Lipinski definition) is 0. The number of anilines is 1. The minimum absolute atomic E-state index is 0.00943. The molecule has 2 aromatic rings. The van der Waals surface area contributed by atoms with Gasteiger partial charge in [0.1, 0.15) is 5.15 Å². The van der Waals surface area contributed by atoms with Gasteiger partial charge in [-0.1, -0.05) is 11.6 Å². The summed E-state index contributed by atoms with van der Waals surface area (Å²) in [7, 11) is 1.89. The predicted molar refractivity (Wildman–Crippen MR) is 83.4 cm³/mol. The maximum absolute atomic E-state index is 12.3. The highest BCUT2D eigenvalue weighted by Crippen LogP contribution is 2.36. The SMILES string of the molecule is Cc1cc(Cl)nc2c1OCC(=O)N2Cc1c(C)nn(C)c1C. The van der Waals surface area contributed by atoms with Crippen LogP contribution in [0.5, 0.6) is 5.75 Å². The third-order valence-electron chi connectivity index (χ3n) is 3.98. The maximum atomic E-state index is 12.3. The number of nitrogens with zero attached hydrogens (tertiary/aromatic N) is 4. The summed E-state index contributed by atoms with van der Waals surface area (Å²) in [5.74, 6) is 0.955. The number of carbonyl (C=O) groups is 1. The van der Waals surface area contributed by atoms with Gasteiger partial charge in [0.2, 0.25) is 0 Å². The lowest BCUT2D eigenvalue weighted by molar-refractivity contribution is -0.121. The third kappa shape index (κ3) is 2.33. The number of halogens is 1. The Labute approximate surface area is 133 Å². The summed E-state index contributed by atoms with van der Waals surface area (Å²) in [6.45, 7) is 6.23. The van der Waals surface area contributed by atoms with E-state index < -0.39 is 0 Å². The molecule has 0 aromatic carbocycles. The van der Waals surface area contributed by atoms with Crippen molar-refractivity contribution in [3.63, 3.8) is 0 Å². The molecule has 3 rings (SSSR count). The summed E-state index contributed by atoms with van der Waals surface area (Å²) in [6.07, 6.45) is 0. The van der Waals surface area contributed by atoms with E-state index in [0.29, 0.717) is 23.3 Å². The van der Waals surface area contributed by atoms with Crippen LogP contribution in [0, 0.1) is 20.8 Å². The van der Waals surface area contributed by atoms with Crippen molar-refractivity contribution < 1.29 is 9.53 Å². The molecule has 0 saturated carbocycles. The molecule has 116 valence electrons. The molecule has 6 nitrogen and oxygen atoms in total. The zero-order chi connectivity index (χ0) is 16.0. The first-order chi connectivity index (χ1) is 10.4. The molecule has 3 heterocycles. The molecule has 0 aliphatic carbocycles. The van der Waals surface area contributed by atoms with E-state index in [1.54, 1.807) is 11.0 Å². The Balaban J connectivity index is 2.06. The minimum atomic E-state index is -0.135. The number of aryl methyl sites for hydroxylation is 3. The molecule has 0 fully saturated rings. The van der Waals surface area contributed by atoms with Gasteiger partial charge in [0.15, 0.2) is 18.2 Å². The van der Waals surface area contributed by atoms with Gasteiger partial charge in [-0.3, -0.25) is 14.4 Å². The molecule has 0 radical (unpaired) electrons. The Kier molecular flexibility index (Phi) is 3.56. The van der Waals surface area contributed by atoms with Crippen molar-refractivity contribution in [1.29, 1.82) is 0 Å². The average molecular weight is 321 g/mol. The zero-order valence-electron chi connectivity index (χ0n) is 13.0. The number of hydrogen-bond acceptors (Lipinski definition) is 4. The predicted octanol–water partition coefficient (Wildman–Crippen LogP) is 2.32. The standard InChI is InChI=1S/C15H17ClN4O2/c1-8-5-12(16)17-15-14(8)22-7-13(21)20(15)6-11-9(2)18-19(4)10(11)3/h5H,6-7H2,1-4H3. The van der Waals surface area contributed by atoms with Crippen LogP contribution in [0.2, 0.25) is 5.15 Å². The van der Waals surface area contributed by atoms with Gasteiger partial charge in [0, 0.05) is 18.3 Å². The quantitative estimate of drug-likeness (QED) is 0.797. The molecule has 7 heteroatoms. The van der Waals surface area contributed by atoms with Crippen LogP contribution in [0.25, 0.3) is 0 Å². The van der Waals surface area contributed by atoms with E-state index in [-0.39, 0.29) is 12.5 Å². The van der Waals surface area contributed by atoms with Crippen LogP contribution in [-0.4, -0.2) is 27.3 Å². The van der Waals surface area contributed by atoms with Gasteiger partial charge in [-0.2, -0.15) is 5.10 Å². The van der Waals surface area contributed by atoms with Crippen LogP contribution in [0.3, 0.4) is 0 Å². The molecule has 22 heavy (non-hydrogen) atoms. The van der Waals surface area contributed by atoms with E-state index in [1.165, 1.54) is 0 Å². The Hall–Kier alpha value is -2.08. The molecule has 0 N–H and O–H groups in total. The Morgan fingerprint density at radius 3 is 2.73 bits per heavy atom. The van der Waals surface area contributed by atoms with Gasteiger partial charge < -0.3 is 4.74 Å². The fraction of sp³-hybridized carbons (Fsp3) is 0.400. The zero-order valence-corrected chi connectivity index (χ0v) is 13.7. The van der Waals surface area contributed by atoms with Crippen LogP contribution in [0.15, 0.2) is 6.07 Å². The highest BCUT2D eigenvalue weighted by atomic mass is 35.5. The molecular weight excluding hydrogens is 304 g/mol. The minimum Gasteiger partial charge on any atom is -0.480 e. The van der Waals surface area contributed by atoms with Crippen molar-refractivity contribution in [3.05, 3.63) is 33.7 Å². The van der Waals surface area contributed by atoms with Crippen LogP contribution in [0.1, 0.15) is 22.5 Å². The van der Waals surface area contributed by atoms with Crippen molar-refractivity contribution in [2.45, 2.75) is 27.3 Å². The summed E-state index contributed by atoms with van der Waals surface area (Å²) in [5.41, 5.74) is 3.81. The number of ether oxygens (including phenoxy) is 1. The highest BCUT2D eigenvalue weighted by Gasteiger charge is 2.30. The molecule has 0 bridgehead atoms. The number of fused-ring (bicyclic) bond motifs is 1. The first-order valence-corrected chi connectivity index (χ1v) is 7.35. The molecule has 0 atom stereocenters. The van der Waals surface area contributed by atoms with Crippen LogP contribution < -0.4 is 9.64 Å². The molecule has 2 aromatic heterocycles. The number of amides is 1. The highest BCUT2D eigenvalue weighted by molar-refractivity contribution is 6.29. The second-order valence-corrected chi connectivity index (χ2v) is 5.84. The summed E-state index contributed by atoms with van der Waals surface area (Å²) in [4.78, 5) is 18.2. The van der Waals surface area contributed by atoms with E-state index in [0.717, 1.165) is 22.5 Å². The first kappa shape index (κ1) is 14.8. The number of rotatable bonds is 2. The van der Waals surface area contributed by atoms with Gasteiger partial charge >= 0.3 is 0 Å². The summed E-state index contributed by atoms with van der Waals surface area (Å²) in [5, 5.41) is 4.74. The first-order valence-electron chi connectivity index (χ1n) is 6.98. The van der Waals surface area contributed by atoms with Gasteiger partial charge in [0.05, 0.1) is 12.2 Å². The Morgan fingerprint density at radius 2 is 2.09 bits per heavy atom. The molecule has 0 unspecified atom stereocenters. The smallest absolute Gasteiger partial charge is 0.266 e. The van der Waals surface area contributed by atoms with E-state index in [4.69, 9.17) is 16.3 Å². The van der Waals surface area contributed by atoms with Crippen molar-refractivity contribution >= 4 is 23.3 Å². The number of carbonyl (C=O) groups excluding carboxylic acids is 1. The van der Waals surface area contributed by atoms with Gasteiger partial charge in [0.25, 0.3) is 5.91 Å². The second kappa shape index (κ2) is 5.28. The van der Waals surface area contributed by atoms with E-state index in [1.807, 2.05) is 32.5 Å². The van der Waals surface area contributed by atoms with Crippen LogP contribution in [0.4, 0.5) is 5.82 Å². The van der Waals surface area contributed by atoms with Gasteiger partial charge in [-0.05, 0) is 32.4 Å². The number of aromatic nitrogens is 3. The van der Waals surface area contributed by atoms with Crippen LogP contribution >= 0.6 is 11.6 Å². The molecule has 1 amide bonds. The fourth-order valence-corrected chi connectivity index (χ4v) is 2.91. The molecule has 1 aliphatic heterocycles. The van der Waals surface area contributed by atoms with E-state index in [9.17, 15) is 4.79 Å². The summed E-state index contributed by atoms with van der Waals surface area (Å²) in [6, 6.07) is 1.73. The lowest BCUT2D eigenvalue weighted by Crippen LogP contribution is -2.39. The van der Waals surface area contributed by atoms with Crippen molar-refractivity contribution in [2.24, 2.45) is 7.05 Å². The van der Waals surface area contributed by atoms with Gasteiger partial charge in [-0.15, -0.1) is 0 Å². The van der Waals surface area contributed by atoms with Gasteiger partial charge in [-0.25, -0.2) is 4.98 Å². The van der Waals surface area contributed by atoms with E-state index >= 15 is 0 Å². The third-order valence-corrected chi connectivity index (χ3v) is 4.18. The van der Waals surface area contributed by atoms with Crippen molar-refractivity contribution in [2.75, 3.05) is 11.5 Å². The van der Waals surface area contributed by atoms with E-state index in [2.05, 4.69) is 10.1 Å². The lowest BCUT2D eigenvalue weighted by atomic mass is 10.1.